The fraction of sp³-hybridized carbons (Fsp3) is 0.571. The molecule has 4 heteroatoms. The highest BCUT2D eigenvalue weighted by Gasteiger charge is 2.17. The zero-order valence-corrected chi connectivity index (χ0v) is 12.5. The number of benzene rings is 1. The highest BCUT2D eigenvalue weighted by Crippen LogP contribution is 2.32. The standard InChI is InChI=1S/C14H20BrNO2/c1-3-13(9-17-2)16-8-11-7-12(15)6-10-4-5-18-14(10)11/h6-7,13,16H,3-5,8-9H2,1-2H3. The Balaban J connectivity index is 2.05. The van der Waals surface area contributed by atoms with E-state index in [-0.39, 0.29) is 0 Å². The Hall–Kier alpha value is -0.580. The lowest BCUT2D eigenvalue weighted by molar-refractivity contribution is 0.163. The second-order valence-corrected chi connectivity index (χ2v) is 5.51. The zero-order valence-electron chi connectivity index (χ0n) is 11.0. The summed E-state index contributed by atoms with van der Waals surface area (Å²) >= 11 is 3.56. The molecule has 1 aromatic carbocycles. The molecule has 0 amide bonds. The van der Waals surface area contributed by atoms with Crippen molar-refractivity contribution < 1.29 is 9.47 Å². The third kappa shape index (κ3) is 3.25. The number of rotatable bonds is 6. The molecule has 0 spiro atoms. The molecular formula is C14H20BrNO2. The van der Waals surface area contributed by atoms with Gasteiger partial charge in [-0.3, -0.25) is 0 Å². The molecule has 0 radical (unpaired) electrons. The van der Waals surface area contributed by atoms with Crippen molar-refractivity contribution in [3.05, 3.63) is 27.7 Å². The Labute approximate surface area is 117 Å². The van der Waals surface area contributed by atoms with Gasteiger partial charge in [0.15, 0.2) is 0 Å². The van der Waals surface area contributed by atoms with Gasteiger partial charge in [-0.2, -0.15) is 0 Å². The smallest absolute Gasteiger partial charge is 0.127 e. The molecule has 1 atom stereocenters. The Kier molecular flexibility index (Phi) is 5.03. The van der Waals surface area contributed by atoms with Crippen LogP contribution in [-0.4, -0.2) is 26.4 Å². The van der Waals surface area contributed by atoms with E-state index in [4.69, 9.17) is 9.47 Å². The third-order valence-corrected chi connectivity index (χ3v) is 3.73. The van der Waals surface area contributed by atoms with Crippen molar-refractivity contribution in [2.75, 3.05) is 20.3 Å². The van der Waals surface area contributed by atoms with Crippen LogP contribution in [0.5, 0.6) is 5.75 Å². The van der Waals surface area contributed by atoms with Gasteiger partial charge in [0.05, 0.1) is 13.2 Å². The van der Waals surface area contributed by atoms with Crippen LogP contribution in [0, 0.1) is 0 Å². The van der Waals surface area contributed by atoms with E-state index >= 15 is 0 Å². The van der Waals surface area contributed by atoms with Crippen molar-refractivity contribution in [1.82, 2.24) is 5.32 Å². The van der Waals surface area contributed by atoms with Gasteiger partial charge >= 0.3 is 0 Å². The molecule has 1 aliphatic heterocycles. The van der Waals surface area contributed by atoms with E-state index in [1.807, 2.05) is 0 Å². The van der Waals surface area contributed by atoms with Crippen LogP contribution in [0.1, 0.15) is 24.5 Å². The molecule has 18 heavy (non-hydrogen) atoms. The second-order valence-electron chi connectivity index (χ2n) is 4.59. The monoisotopic (exact) mass is 313 g/mol. The molecule has 0 saturated carbocycles. The SMILES string of the molecule is CCC(COC)NCc1cc(Br)cc2c1OCC2. The molecular weight excluding hydrogens is 294 g/mol. The van der Waals surface area contributed by atoms with Gasteiger partial charge in [-0.25, -0.2) is 0 Å². The van der Waals surface area contributed by atoms with E-state index in [2.05, 4.69) is 40.3 Å². The van der Waals surface area contributed by atoms with E-state index in [9.17, 15) is 0 Å². The molecule has 1 N–H and O–H groups in total. The van der Waals surface area contributed by atoms with Gasteiger partial charge in [0.2, 0.25) is 0 Å². The normalized spacial score (nSPS) is 15.3. The number of methoxy groups -OCH3 is 1. The number of hydrogen-bond acceptors (Lipinski definition) is 3. The van der Waals surface area contributed by atoms with Gasteiger partial charge in [0.25, 0.3) is 0 Å². The lowest BCUT2D eigenvalue weighted by atomic mass is 10.1. The maximum Gasteiger partial charge on any atom is 0.127 e. The number of ether oxygens (including phenoxy) is 2. The van der Waals surface area contributed by atoms with Gasteiger partial charge in [0.1, 0.15) is 5.75 Å². The van der Waals surface area contributed by atoms with E-state index in [1.165, 1.54) is 11.1 Å². The van der Waals surface area contributed by atoms with Crippen molar-refractivity contribution in [3.8, 4) is 5.75 Å². The fourth-order valence-electron chi connectivity index (χ4n) is 2.25. The van der Waals surface area contributed by atoms with Crippen molar-refractivity contribution in [3.63, 3.8) is 0 Å². The highest BCUT2D eigenvalue weighted by atomic mass is 79.9. The third-order valence-electron chi connectivity index (χ3n) is 3.27. The topological polar surface area (TPSA) is 30.5 Å². The van der Waals surface area contributed by atoms with Crippen LogP contribution >= 0.6 is 15.9 Å². The van der Waals surface area contributed by atoms with Crippen LogP contribution < -0.4 is 10.1 Å². The van der Waals surface area contributed by atoms with Crippen LogP contribution in [0.25, 0.3) is 0 Å². The number of halogens is 1. The quantitative estimate of drug-likeness (QED) is 0.876. The van der Waals surface area contributed by atoms with E-state index in [0.717, 1.165) is 42.8 Å². The van der Waals surface area contributed by atoms with Crippen molar-refractivity contribution >= 4 is 15.9 Å². The first-order chi connectivity index (χ1) is 8.74. The number of hydrogen-bond donors (Lipinski definition) is 1. The van der Waals surface area contributed by atoms with Gasteiger partial charge in [-0.1, -0.05) is 22.9 Å². The molecule has 0 saturated heterocycles. The second kappa shape index (κ2) is 6.55. The molecule has 0 aromatic heterocycles. The Morgan fingerprint density at radius 1 is 1.50 bits per heavy atom. The van der Waals surface area contributed by atoms with E-state index < -0.39 is 0 Å². The summed E-state index contributed by atoms with van der Waals surface area (Å²) < 4.78 is 12.0. The van der Waals surface area contributed by atoms with E-state index in [1.54, 1.807) is 7.11 Å². The van der Waals surface area contributed by atoms with Crippen LogP contribution in [0.3, 0.4) is 0 Å². The Bertz CT molecular complexity index is 409. The maximum absolute atomic E-state index is 5.72. The summed E-state index contributed by atoms with van der Waals surface area (Å²) in [5.41, 5.74) is 2.53. The predicted molar refractivity (Wildman–Crippen MR) is 76.1 cm³/mol. The van der Waals surface area contributed by atoms with Crippen molar-refractivity contribution in [2.24, 2.45) is 0 Å². The molecule has 0 aliphatic carbocycles. The average molecular weight is 314 g/mol. The maximum atomic E-state index is 5.72. The minimum atomic E-state index is 0.394. The number of nitrogens with one attached hydrogen (secondary N) is 1. The summed E-state index contributed by atoms with van der Waals surface area (Å²) in [5, 5.41) is 3.52. The summed E-state index contributed by atoms with van der Waals surface area (Å²) in [6.45, 7) is 4.53. The molecule has 1 heterocycles. The van der Waals surface area contributed by atoms with Crippen LogP contribution in [0.4, 0.5) is 0 Å². The largest absolute Gasteiger partial charge is 0.493 e. The van der Waals surface area contributed by atoms with Gasteiger partial charge < -0.3 is 14.8 Å². The van der Waals surface area contributed by atoms with Crippen LogP contribution in [-0.2, 0) is 17.7 Å². The first-order valence-electron chi connectivity index (χ1n) is 6.41. The summed E-state index contributed by atoms with van der Waals surface area (Å²) in [4.78, 5) is 0. The molecule has 1 unspecified atom stereocenters. The Morgan fingerprint density at radius 2 is 2.33 bits per heavy atom. The summed E-state index contributed by atoms with van der Waals surface area (Å²) in [6.07, 6.45) is 2.07. The Morgan fingerprint density at radius 3 is 3.06 bits per heavy atom. The summed E-state index contributed by atoms with van der Waals surface area (Å²) in [5.74, 6) is 1.07. The molecule has 1 aliphatic rings. The highest BCUT2D eigenvalue weighted by molar-refractivity contribution is 9.10. The number of fused-ring (bicyclic) bond motifs is 1. The first-order valence-corrected chi connectivity index (χ1v) is 7.20. The summed E-state index contributed by atoms with van der Waals surface area (Å²) in [6, 6.07) is 4.68. The van der Waals surface area contributed by atoms with E-state index in [0.29, 0.717) is 6.04 Å². The first kappa shape index (κ1) is 13.8. The average Bonchev–Trinajstić information content (AvgIpc) is 2.82. The van der Waals surface area contributed by atoms with Crippen LogP contribution in [0.15, 0.2) is 16.6 Å². The molecule has 2 rings (SSSR count). The van der Waals surface area contributed by atoms with Crippen molar-refractivity contribution in [1.29, 1.82) is 0 Å². The van der Waals surface area contributed by atoms with Crippen molar-refractivity contribution in [2.45, 2.75) is 32.4 Å². The molecule has 0 bridgehead atoms. The summed E-state index contributed by atoms with van der Waals surface area (Å²) in [7, 11) is 1.74. The van der Waals surface area contributed by atoms with Gasteiger partial charge in [0, 0.05) is 36.2 Å². The van der Waals surface area contributed by atoms with Crippen LogP contribution in [0.2, 0.25) is 0 Å². The molecule has 100 valence electrons. The molecule has 0 fully saturated rings. The lowest BCUT2D eigenvalue weighted by Crippen LogP contribution is -2.32. The minimum absolute atomic E-state index is 0.394. The lowest BCUT2D eigenvalue weighted by Gasteiger charge is -2.17. The zero-order chi connectivity index (χ0) is 13.0. The molecule has 1 aromatic rings. The van der Waals surface area contributed by atoms with Gasteiger partial charge in [-0.05, 0) is 24.1 Å². The van der Waals surface area contributed by atoms with Gasteiger partial charge in [-0.15, -0.1) is 0 Å². The predicted octanol–water partition coefficient (Wildman–Crippen LogP) is 2.90. The minimum Gasteiger partial charge on any atom is -0.493 e. The molecule has 3 nitrogen and oxygen atoms in total. The fourth-order valence-corrected chi connectivity index (χ4v) is 2.81.